The summed E-state index contributed by atoms with van der Waals surface area (Å²) in [6.45, 7) is 6.18. The van der Waals surface area contributed by atoms with Crippen LogP contribution in [0.2, 0.25) is 0 Å². The number of likely N-dealkylation sites (tertiary alicyclic amines) is 1. The highest BCUT2D eigenvalue weighted by Gasteiger charge is 2.20. The first-order valence-corrected chi connectivity index (χ1v) is 8.56. The van der Waals surface area contributed by atoms with Crippen molar-refractivity contribution in [3.05, 3.63) is 23.5 Å². The lowest BCUT2D eigenvalue weighted by Gasteiger charge is -2.32. The lowest BCUT2D eigenvalue weighted by molar-refractivity contribution is 0.158. The molecule has 2 aromatic heterocycles. The van der Waals surface area contributed by atoms with Gasteiger partial charge in [-0.1, -0.05) is 0 Å². The monoisotopic (exact) mass is 308 g/mol. The van der Waals surface area contributed by atoms with Gasteiger partial charge < -0.3 is 10.1 Å². The minimum atomic E-state index is 0.749. The molecule has 1 saturated heterocycles. The van der Waals surface area contributed by atoms with Crippen LogP contribution in [0.4, 0.5) is 0 Å². The number of piperidine rings is 1. The van der Waals surface area contributed by atoms with Gasteiger partial charge in [-0.25, -0.2) is 4.98 Å². The standard InChI is InChI=1S/C15H24N4OS/c1-20-7-4-16-9-13-3-2-5-18(10-13)11-14-12-19-6-8-21-15(19)17-14/h6,8,12-13,16H,2-5,7,9-11H2,1H3. The van der Waals surface area contributed by atoms with Crippen LogP contribution in [-0.4, -0.2) is 54.2 Å². The van der Waals surface area contributed by atoms with Gasteiger partial charge in [-0.2, -0.15) is 0 Å². The molecule has 1 N–H and O–H groups in total. The van der Waals surface area contributed by atoms with E-state index < -0.39 is 0 Å². The van der Waals surface area contributed by atoms with Gasteiger partial charge in [0.15, 0.2) is 4.96 Å². The third-order valence-corrected chi connectivity index (χ3v) is 4.82. The number of aromatic nitrogens is 2. The second kappa shape index (κ2) is 7.35. The third kappa shape index (κ3) is 4.03. The summed E-state index contributed by atoms with van der Waals surface area (Å²) in [4.78, 5) is 8.32. The van der Waals surface area contributed by atoms with Crippen LogP contribution in [0.15, 0.2) is 17.8 Å². The molecule has 0 spiro atoms. The van der Waals surface area contributed by atoms with E-state index in [1.165, 1.54) is 31.6 Å². The summed E-state index contributed by atoms with van der Waals surface area (Å²) in [6, 6.07) is 0. The molecular formula is C15H24N4OS. The Labute approximate surface area is 129 Å². The van der Waals surface area contributed by atoms with E-state index in [2.05, 4.69) is 37.4 Å². The number of imidazole rings is 1. The van der Waals surface area contributed by atoms with Gasteiger partial charge in [-0.15, -0.1) is 11.3 Å². The molecule has 1 unspecified atom stereocenters. The fourth-order valence-electron chi connectivity index (χ4n) is 3.02. The first-order chi connectivity index (χ1) is 10.3. The normalized spacial score (nSPS) is 20.3. The average Bonchev–Trinajstić information content (AvgIpc) is 3.05. The molecule has 6 heteroatoms. The highest BCUT2D eigenvalue weighted by molar-refractivity contribution is 7.15. The van der Waals surface area contributed by atoms with Gasteiger partial charge in [0.2, 0.25) is 0 Å². The van der Waals surface area contributed by atoms with Crippen LogP contribution in [0.1, 0.15) is 18.5 Å². The number of hydrogen-bond donors (Lipinski definition) is 1. The molecule has 0 radical (unpaired) electrons. The second-order valence-corrected chi connectivity index (χ2v) is 6.64. The number of ether oxygens (including phenoxy) is 1. The Hall–Kier alpha value is -0.950. The Morgan fingerprint density at radius 1 is 1.52 bits per heavy atom. The molecular weight excluding hydrogens is 284 g/mol. The number of nitrogens with zero attached hydrogens (tertiary/aromatic N) is 3. The van der Waals surface area contributed by atoms with Crippen molar-refractivity contribution in [3.8, 4) is 0 Å². The molecule has 0 bridgehead atoms. The molecule has 1 aliphatic heterocycles. The summed E-state index contributed by atoms with van der Waals surface area (Å²) < 4.78 is 7.19. The van der Waals surface area contributed by atoms with Crippen LogP contribution >= 0.6 is 11.3 Å². The Morgan fingerprint density at radius 2 is 2.48 bits per heavy atom. The zero-order valence-electron chi connectivity index (χ0n) is 12.6. The van der Waals surface area contributed by atoms with Gasteiger partial charge in [-0.05, 0) is 31.8 Å². The summed E-state index contributed by atoms with van der Waals surface area (Å²) in [5.41, 5.74) is 1.19. The average molecular weight is 308 g/mol. The highest BCUT2D eigenvalue weighted by atomic mass is 32.1. The smallest absolute Gasteiger partial charge is 0.193 e. The van der Waals surface area contributed by atoms with E-state index in [1.807, 2.05) is 0 Å². The third-order valence-electron chi connectivity index (χ3n) is 4.05. The number of nitrogens with one attached hydrogen (secondary N) is 1. The Kier molecular flexibility index (Phi) is 5.24. The maximum absolute atomic E-state index is 5.07. The lowest BCUT2D eigenvalue weighted by Crippen LogP contribution is -2.39. The van der Waals surface area contributed by atoms with Crippen molar-refractivity contribution in [2.45, 2.75) is 19.4 Å². The maximum Gasteiger partial charge on any atom is 0.193 e. The van der Waals surface area contributed by atoms with E-state index in [9.17, 15) is 0 Å². The zero-order valence-corrected chi connectivity index (χ0v) is 13.4. The molecule has 1 aliphatic rings. The number of rotatable bonds is 7. The van der Waals surface area contributed by atoms with Crippen LogP contribution in [0.25, 0.3) is 4.96 Å². The molecule has 0 aliphatic carbocycles. The van der Waals surface area contributed by atoms with Crippen molar-refractivity contribution in [2.24, 2.45) is 5.92 Å². The van der Waals surface area contributed by atoms with E-state index in [0.29, 0.717) is 0 Å². The Morgan fingerprint density at radius 3 is 3.33 bits per heavy atom. The van der Waals surface area contributed by atoms with E-state index in [1.54, 1.807) is 18.4 Å². The number of hydrogen-bond acceptors (Lipinski definition) is 5. The molecule has 0 aromatic carbocycles. The summed E-state index contributed by atoms with van der Waals surface area (Å²) >= 11 is 1.70. The van der Waals surface area contributed by atoms with Gasteiger partial charge in [0.1, 0.15) is 0 Å². The Bertz CT molecular complexity index is 524. The molecule has 1 atom stereocenters. The number of methoxy groups -OCH3 is 1. The fraction of sp³-hybridized carbons (Fsp3) is 0.667. The number of thiazole rings is 1. The second-order valence-electron chi connectivity index (χ2n) is 5.77. The van der Waals surface area contributed by atoms with Crippen LogP contribution in [0.3, 0.4) is 0 Å². The van der Waals surface area contributed by atoms with E-state index >= 15 is 0 Å². The Balaban J connectivity index is 1.48. The van der Waals surface area contributed by atoms with Gasteiger partial charge in [0, 0.05) is 44.5 Å². The molecule has 1 fully saturated rings. The molecule has 3 rings (SSSR count). The van der Waals surface area contributed by atoms with E-state index in [0.717, 1.165) is 37.1 Å². The summed E-state index contributed by atoms with van der Waals surface area (Å²) in [7, 11) is 1.75. The van der Waals surface area contributed by atoms with Crippen LogP contribution in [0, 0.1) is 5.92 Å². The van der Waals surface area contributed by atoms with Crippen molar-refractivity contribution in [3.63, 3.8) is 0 Å². The molecule has 0 amide bonds. The van der Waals surface area contributed by atoms with Crippen molar-refractivity contribution < 1.29 is 4.74 Å². The van der Waals surface area contributed by atoms with Crippen LogP contribution < -0.4 is 5.32 Å². The van der Waals surface area contributed by atoms with E-state index in [4.69, 9.17) is 4.74 Å². The highest BCUT2D eigenvalue weighted by Crippen LogP contribution is 2.19. The van der Waals surface area contributed by atoms with Crippen molar-refractivity contribution in [2.75, 3.05) is 39.9 Å². The topological polar surface area (TPSA) is 41.8 Å². The van der Waals surface area contributed by atoms with Crippen molar-refractivity contribution in [1.82, 2.24) is 19.6 Å². The molecule has 3 heterocycles. The molecule has 2 aromatic rings. The van der Waals surface area contributed by atoms with Gasteiger partial charge in [-0.3, -0.25) is 9.30 Å². The summed E-state index contributed by atoms with van der Waals surface area (Å²) in [5, 5.41) is 5.57. The zero-order chi connectivity index (χ0) is 14.5. The van der Waals surface area contributed by atoms with Crippen LogP contribution in [0.5, 0.6) is 0 Å². The predicted molar refractivity (Wildman–Crippen MR) is 85.8 cm³/mol. The fourth-order valence-corrected chi connectivity index (χ4v) is 3.74. The first-order valence-electron chi connectivity index (χ1n) is 7.68. The molecule has 116 valence electrons. The van der Waals surface area contributed by atoms with Gasteiger partial charge in [0.25, 0.3) is 0 Å². The minimum Gasteiger partial charge on any atom is -0.383 e. The van der Waals surface area contributed by atoms with Gasteiger partial charge >= 0.3 is 0 Å². The van der Waals surface area contributed by atoms with Crippen LogP contribution in [-0.2, 0) is 11.3 Å². The quantitative estimate of drug-likeness (QED) is 0.793. The summed E-state index contributed by atoms with van der Waals surface area (Å²) in [5.74, 6) is 0.749. The van der Waals surface area contributed by atoms with Crippen molar-refractivity contribution >= 4 is 16.3 Å². The molecule has 0 saturated carbocycles. The predicted octanol–water partition coefficient (Wildman–Crippen LogP) is 1.84. The molecule has 21 heavy (non-hydrogen) atoms. The summed E-state index contributed by atoms with van der Waals surface area (Å²) in [6.07, 6.45) is 6.86. The minimum absolute atomic E-state index is 0.749. The maximum atomic E-state index is 5.07. The SMILES string of the molecule is COCCNCC1CCCN(Cc2cn3ccsc3n2)C1. The van der Waals surface area contributed by atoms with Gasteiger partial charge in [0.05, 0.1) is 12.3 Å². The first kappa shape index (κ1) is 15.0. The lowest BCUT2D eigenvalue weighted by atomic mass is 9.98. The largest absolute Gasteiger partial charge is 0.383 e. The van der Waals surface area contributed by atoms with E-state index in [-0.39, 0.29) is 0 Å². The van der Waals surface area contributed by atoms with Crippen molar-refractivity contribution in [1.29, 1.82) is 0 Å². The number of fused-ring (bicyclic) bond motifs is 1. The molecule has 5 nitrogen and oxygen atoms in total.